The number of likely N-dealkylation sites (tertiary alicyclic amines) is 1. The van der Waals surface area contributed by atoms with E-state index in [1.807, 2.05) is 14.0 Å². The molecule has 0 spiro atoms. The molecule has 1 aliphatic heterocycles. The normalized spacial score (nSPS) is 18.6. The molecule has 2 aromatic heterocycles. The van der Waals surface area contributed by atoms with E-state index in [0.29, 0.717) is 36.7 Å². The lowest BCUT2D eigenvalue weighted by molar-refractivity contribution is -0.117. The Balaban J connectivity index is 1.49. The van der Waals surface area contributed by atoms with Gasteiger partial charge in [0.15, 0.2) is 5.82 Å². The molecule has 0 radical (unpaired) electrons. The molecule has 136 valence electrons. The van der Waals surface area contributed by atoms with Crippen molar-refractivity contribution in [3.05, 3.63) is 23.5 Å². The highest BCUT2D eigenvalue weighted by atomic mass is 16.5. The third kappa shape index (κ3) is 4.86. The molecule has 1 amide bonds. The predicted molar refractivity (Wildman–Crippen MR) is 89.8 cm³/mol. The average Bonchev–Trinajstić information content (AvgIpc) is 3.15. The molecular weight excluding hydrogens is 324 g/mol. The van der Waals surface area contributed by atoms with Gasteiger partial charge in [0.2, 0.25) is 17.7 Å². The number of piperidine rings is 1. The molecule has 9 nitrogen and oxygen atoms in total. The Morgan fingerprint density at radius 2 is 2.24 bits per heavy atom. The van der Waals surface area contributed by atoms with E-state index < -0.39 is 0 Å². The van der Waals surface area contributed by atoms with Gasteiger partial charge >= 0.3 is 0 Å². The fraction of sp³-hybridized carbons (Fsp3) is 0.625. The van der Waals surface area contributed by atoms with Gasteiger partial charge in [-0.25, -0.2) is 0 Å². The second kappa shape index (κ2) is 7.75. The zero-order valence-corrected chi connectivity index (χ0v) is 14.9. The number of nitrogens with zero attached hydrogens (tertiary/aromatic N) is 5. The van der Waals surface area contributed by atoms with Gasteiger partial charge in [-0.15, -0.1) is 0 Å². The fourth-order valence-corrected chi connectivity index (χ4v) is 3.10. The summed E-state index contributed by atoms with van der Waals surface area (Å²) in [5.41, 5.74) is 0.739. The Morgan fingerprint density at radius 1 is 1.40 bits per heavy atom. The summed E-state index contributed by atoms with van der Waals surface area (Å²) < 4.78 is 10.0. The zero-order valence-electron chi connectivity index (χ0n) is 14.9. The van der Waals surface area contributed by atoms with Crippen molar-refractivity contribution in [2.24, 2.45) is 0 Å². The summed E-state index contributed by atoms with van der Waals surface area (Å²) in [7, 11) is 1.97. The number of amides is 1. The number of likely N-dealkylation sites (N-methyl/N-ethyl adjacent to an activating group) is 1. The quantitative estimate of drug-likeness (QED) is 0.831. The highest BCUT2D eigenvalue weighted by Gasteiger charge is 2.25. The van der Waals surface area contributed by atoms with Crippen molar-refractivity contribution >= 4 is 11.8 Å². The largest absolute Gasteiger partial charge is 0.340 e. The van der Waals surface area contributed by atoms with Gasteiger partial charge in [-0.1, -0.05) is 10.3 Å². The van der Waals surface area contributed by atoms with E-state index in [1.54, 1.807) is 13.0 Å². The smallest absolute Gasteiger partial charge is 0.240 e. The van der Waals surface area contributed by atoms with Crippen molar-refractivity contribution in [2.75, 3.05) is 32.0 Å². The van der Waals surface area contributed by atoms with Crippen molar-refractivity contribution in [2.45, 2.75) is 39.3 Å². The van der Waals surface area contributed by atoms with Gasteiger partial charge in [0.25, 0.3) is 0 Å². The van der Waals surface area contributed by atoms with Crippen molar-refractivity contribution in [3.8, 4) is 0 Å². The Labute approximate surface area is 146 Å². The van der Waals surface area contributed by atoms with Crippen LogP contribution in [0.25, 0.3) is 0 Å². The number of nitrogens with one attached hydrogen (secondary N) is 1. The van der Waals surface area contributed by atoms with Crippen LogP contribution in [0.4, 0.5) is 5.88 Å². The zero-order chi connectivity index (χ0) is 17.8. The monoisotopic (exact) mass is 348 g/mol. The van der Waals surface area contributed by atoms with Crippen LogP contribution in [0.15, 0.2) is 15.1 Å². The van der Waals surface area contributed by atoms with Gasteiger partial charge in [0.05, 0.1) is 18.8 Å². The molecular formula is C16H24N6O3. The van der Waals surface area contributed by atoms with Gasteiger partial charge in [0.1, 0.15) is 0 Å². The molecule has 25 heavy (non-hydrogen) atoms. The molecule has 3 rings (SSSR count). The van der Waals surface area contributed by atoms with Gasteiger partial charge in [0, 0.05) is 25.6 Å². The minimum Gasteiger partial charge on any atom is -0.340 e. The van der Waals surface area contributed by atoms with Crippen LogP contribution in [0.5, 0.6) is 0 Å². The molecule has 0 aromatic carbocycles. The standard InChI is InChI=1S/C16H24N6O3/c1-11-7-16(25-19-11)18-15(23)10-21(3)13-5-4-6-22(8-13)9-14-17-12(2)24-20-14/h7,13H,4-6,8-10H2,1-3H3,(H,18,23)/t13-/m1/s1. The number of rotatable bonds is 6. The summed E-state index contributed by atoms with van der Waals surface area (Å²) in [5, 5.41) is 10.4. The molecule has 1 N–H and O–H groups in total. The molecule has 1 atom stereocenters. The van der Waals surface area contributed by atoms with Crippen LogP contribution in [0, 0.1) is 13.8 Å². The summed E-state index contributed by atoms with van der Waals surface area (Å²) in [6.07, 6.45) is 2.14. The van der Waals surface area contributed by atoms with Crippen molar-refractivity contribution in [3.63, 3.8) is 0 Å². The number of anilines is 1. The summed E-state index contributed by atoms with van der Waals surface area (Å²) in [6, 6.07) is 2.01. The highest BCUT2D eigenvalue weighted by Crippen LogP contribution is 2.17. The minimum atomic E-state index is -0.107. The lowest BCUT2D eigenvalue weighted by Crippen LogP contribution is -2.48. The highest BCUT2D eigenvalue weighted by molar-refractivity contribution is 5.90. The van der Waals surface area contributed by atoms with Crippen molar-refractivity contribution < 1.29 is 13.8 Å². The third-order valence-corrected chi connectivity index (χ3v) is 4.32. The van der Waals surface area contributed by atoms with Crippen LogP contribution >= 0.6 is 0 Å². The Hall–Kier alpha value is -2.26. The number of hydrogen-bond donors (Lipinski definition) is 1. The van der Waals surface area contributed by atoms with E-state index >= 15 is 0 Å². The molecule has 0 unspecified atom stereocenters. The first kappa shape index (κ1) is 17.6. The van der Waals surface area contributed by atoms with Crippen LogP contribution < -0.4 is 5.32 Å². The van der Waals surface area contributed by atoms with Crippen LogP contribution in [0.1, 0.15) is 30.3 Å². The Bertz CT molecular complexity index is 712. The van der Waals surface area contributed by atoms with Gasteiger partial charge in [-0.2, -0.15) is 4.98 Å². The maximum absolute atomic E-state index is 12.2. The van der Waals surface area contributed by atoms with E-state index in [-0.39, 0.29) is 5.91 Å². The number of carbonyl (C=O) groups excluding carboxylic acids is 1. The van der Waals surface area contributed by atoms with Crippen LogP contribution in [-0.2, 0) is 11.3 Å². The molecule has 1 fully saturated rings. The van der Waals surface area contributed by atoms with Crippen LogP contribution in [0.2, 0.25) is 0 Å². The maximum atomic E-state index is 12.2. The second-order valence-electron chi connectivity index (χ2n) is 6.56. The summed E-state index contributed by atoms with van der Waals surface area (Å²) >= 11 is 0. The van der Waals surface area contributed by atoms with Crippen molar-refractivity contribution in [1.82, 2.24) is 25.1 Å². The van der Waals surface area contributed by atoms with Gasteiger partial charge in [-0.05, 0) is 33.4 Å². The van der Waals surface area contributed by atoms with E-state index in [1.165, 1.54) is 0 Å². The molecule has 9 heteroatoms. The number of carbonyl (C=O) groups is 1. The average molecular weight is 348 g/mol. The van der Waals surface area contributed by atoms with E-state index in [4.69, 9.17) is 9.05 Å². The number of aryl methyl sites for hydroxylation is 2. The lowest BCUT2D eigenvalue weighted by Gasteiger charge is -2.36. The molecule has 0 bridgehead atoms. The predicted octanol–water partition coefficient (Wildman–Crippen LogP) is 1.21. The SMILES string of the molecule is Cc1cc(NC(=O)CN(C)[C@@H]2CCCN(Cc3noc(C)n3)C2)on1. The van der Waals surface area contributed by atoms with Gasteiger partial charge < -0.3 is 9.05 Å². The third-order valence-electron chi connectivity index (χ3n) is 4.32. The molecule has 0 saturated carbocycles. The molecule has 1 saturated heterocycles. The minimum absolute atomic E-state index is 0.107. The van der Waals surface area contributed by atoms with Crippen LogP contribution in [-0.4, -0.2) is 63.7 Å². The maximum Gasteiger partial charge on any atom is 0.240 e. The summed E-state index contributed by atoms with van der Waals surface area (Å²) in [4.78, 5) is 20.8. The topological polar surface area (TPSA) is 101 Å². The van der Waals surface area contributed by atoms with Gasteiger partial charge in [-0.3, -0.25) is 19.9 Å². The van der Waals surface area contributed by atoms with E-state index in [2.05, 4.69) is 30.4 Å². The first-order valence-corrected chi connectivity index (χ1v) is 8.44. The Kier molecular flexibility index (Phi) is 5.44. The first-order chi connectivity index (χ1) is 12.0. The Morgan fingerprint density at radius 3 is 2.92 bits per heavy atom. The molecule has 0 aliphatic carbocycles. The molecule has 3 heterocycles. The molecule has 2 aromatic rings. The summed E-state index contributed by atoms with van der Waals surface area (Å²) in [5.74, 6) is 1.57. The molecule has 1 aliphatic rings. The van der Waals surface area contributed by atoms with E-state index in [9.17, 15) is 4.79 Å². The van der Waals surface area contributed by atoms with Crippen molar-refractivity contribution in [1.29, 1.82) is 0 Å². The number of aromatic nitrogens is 3. The fourth-order valence-electron chi connectivity index (χ4n) is 3.10. The number of hydrogen-bond acceptors (Lipinski definition) is 8. The van der Waals surface area contributed by atoms with Crippen LogP contribution in [0.3, 0.4) is 0 Å². The summed E-state index contributed by atoms with van der Waals surface area (Å²) in [6.45, 7) is 6.45. The first-order valence-electron chi connectivity index (χ1n) is 8.44. The second-order valence-corrected chi connectivity index (χ2v) is 6.56. The lowest BCUT2D eigenvalue weighted by atomic mass is 10.0. The van der Waals surface area contributed by atoms with E-state index in [0.717, 1.165) is 31.6 Å².